The van der Waals surface area contributed by atoms with E-state index in [4.69, 9.17) is 10.2 Å². The van der Waals surface area contributed by atoms with Crippen molar-refractivity contribution in [2.45, 2.75) is 19.8 Å². The Morgan fingerprint density at radius 2 is 2.40 bits per heavy atom. The molecule has 0 saturated heterocycles. The summed E-state index contributed by atoms with van der Waals surface area (Å²) >= 11 is 3.34. The van der Waals surface area contributed by atoms with Crippen LogP contribution < -0.4 is 5.73 Å². The summed E-state index contributed by atoms with van der Waals surface area (Å²) < 4.78 is 5.89. The Morgan fingerprint density at radius 3 is 3.00 bits per heavy atom. The lowest BCUT2D eigenvalue weighted by atomic mass is 10.1. The first kappa shape index (κ1) is 10.3. The van der Waals surface area contributed by atoms with Gasteiger partial charge in [0.1, 0.15) is 5.82 Å². The van der Waals surface area contributed by atoms with Gasteiger partial charge in [-0.1, -0.05) is 13.3 Å². The van der Waals surface area contributed by atoms with Crippen LogP contribution in [0.5, 0.6) is 0 Å². The van der Waals surface area contributed by atoms with Crippen molar-refractivity contribution in [2.75, 3.05) is 5.73 Å². The van der Waals surface area contributed by atoms with E-state index < -0.39 is 0 Å². The lowest BCUT2D eigenvalue weighted by molar-refractivity contribution is 0.542. The van der Waals surface area contributed by atoms with Crippen LogP contribution in [0.25, 0.3) is 11.3 Å². The molecule has 0 amide bonds. The third kappa shape index (κ3) is 1.79. The second kappa shape index (κ2) is 4.10. The molecule has 0 radical (unpaired) electrons. The molecule has 2 heterocycles. The summed E-state index contributed by atoms with van der Waals surface area (Å²) in [5.41, 5.74) is 8.75. The second-order valence-corrected chi connectivity index (χ2v) is 4.04. The number of nitrogen functional groups attached to an aromatic ring is 1. The Hall–Kier alpha value is -1.23. The summed E-state index contributed by atoms with van der Waals surface area (Å²) in [5, 5.41) is 6.96. The average molecular weight is 270 g/mol. The third-order valence-corrected chi connectivity index (χ3v) is 2.90. The van der Waals surface area contributed by atoms with Gasteiger partial charge in [-0.15, -0.1) is 0 Å². The number of H-pyrrole nitrogens is 1. The van der Waals surface area contributed by atoms with Crippen LogP contribution in [0.4, 0.5) is 5.82 Å². The highest BCUT2D eigenvalue weighted by molar-refractivity contribution is 9.10. The molecule has 0 atom stereocenters. The van der Waals surface area contributed by atoms with Crippen molar-refractivity contribution < 1.29 is 4.42 Å². The second-order valence-electron chi connectivity index (χ2n) is 3.32. The smallest absolute Gasteiger partial charge is 0.178 e. The first-order valence-electron chi connectivity index (χ1n) is 4.80. The Morgan fingerprint density at radius 1 is 1.60 bits per heavy atom. The number of hydrogen-bond acceptors (Lipinski definition) is 3. The fourth-order valence-electron chi connectivity index (χ4n) is 1.58. The van der Waals surface area contributed by atoms with Gasteiger partial charge in [0.15, 0.2) is 4.67 Å². The quantitative estimate of drug-likeness (QED) is 0.900. The van der Waals surface area contributed by atoms with Gasteiger partial charge < -0.3 is 10.2 Å². The number of aromatic amines is 1. The number of hydrogen-bond donors (Lipinski definition) is 2. The summed E-state index contributed by atoms with van der Waals surface area (Å²) in [4.78, 5) is 0. The maximum Gasteiger partial charge on any atom is 0.178 e. The van der Waals surface area contributed by atoms with Crippen molar-refractivity contribution in [3.63, 3.8) is 0 Å². The zero-order chi connectivity index (χ0) is 10.8. The molecule has 15 heavy (non-hydrogen) atoms. The predicted octanol–water partition coefficient (Wildman–Crippen LogP) is 2.97. The molecule has 0 aromatic carbocycles. The van der Waals surface area contributed by atoms with Crippen LogP contribution >= 0.6 is 15.9 Å². The van der Waals surface area contributed by atoms with Gasteiger partial charge in [0.05, 0.1) is 17.5 Å². The van der Waals surface area contributed by atoms with Crippen LogP contribution in [0.1, 0.15) is 18.9 Å². The van der Waals surface area contributed by atoms with Gasteiger partial charge in [0.2, 0.25) is 0 Å². The predicted molar refractivity (Wildman–Crippen MR) is 62.4 cm³/mol. The molecule has 0 bridgehead atoms. The standard InChI is InChI=1S/C10H12BrN3O/c1-2-3-7-8(13-14-10(7)12)6-4-5-15-9(6)11/h4-5H,2-3H2,1H3,(H3,12,13,14). The summed E-state index contributed by atoms with van der Waals surface area (Å²) in [6.45, 7) is 2.11. The minimum absolute atomic E-state index is 0.569. The summed E-state index contributed by atoms with van der Waals surface area (Å²) in [6, 6.07) is 1.89. The number of anilines is 1. The Labute approximate surface area is 96.0 Å². The minimum Gasteiger partial charge on any atom is -0.457 e. The number of nitrogens with two attached hydrogens (primary N) is 1. The van der Waals surface area contributed by atoms with Gasteiger partial charge in [-0.3, -0.25) is 5.10 Å². The first-order valence-corrected chi connectivity index (χ1v) is 5.59. The van der Waals surface area contributed by atoms with E-state index in [1.54, 1.807) is 6.26 Å². The van der Waals surface area contributed by atoms with E-state index in [9.17, 15) is 0 Å². The highest BCUT2D eigenvalue weighted by Gasteiger charge is 2.15. The molecule has 0 aliphatic rings. The average Bonchev–Trinajstić information content (AvgIpc) is 2.76. The molecule has 0 unspecified atom stereocenters. The first-order chi connectivity index (χ1) is 7.24. The lowest BCUT2D eigenvalue weighted by Crippen LogP contribution is -1.92. The number of rotatable bonds is 3. The highest BCUT2D eigenvalue weighted by Crippen LogP contribution is 2.32. The van der Waals surface area contributed by atoms with Crippen molar-refractivity contribution in [3.05, 3.63) is 22.6 Å². The number of nitrogens with one attached hydrogen (secondary N) is 1. The Kier molecular flexibility index (Phi) is 2.81. The fraction of sp³-hybridized carbons (Fsp3) is 0.300. The lowest BCUT2D eigenvalue weighted by Gasteiger charge is -2.00. The van der Waals surface area contributed by atoms with Gasteiger partial charge >= 0.3 is 0 Å². The summed E-state index contributed by atoms with van der Waals surface area (Å²) in [7, 11) is 0. The topological polar surface area (TPSA) is 67.8 Å². The van der Waals surface area contributed by atoms with E-state index in [0.717, 1.165) is 29.7 Å². The molecule has 3 N–H and O–H groups in total. The van der Waals surface area contributed by atoms with Gasteiger partial charge in [-0.05, 0) is 28.4 Å². The van der Waals surface area contributed by atoms with Gasteiger partial charge in [-0.2, -0.15) is 5.10 Å². The van der Waals surface area contributed by atoms with E-state index in [1.165, 1.54) is 0 Å². The van der Waals surface area contributed by atoms with Gasteiger partial charge in [0.25, 0.3) is 0 Å². The summed E-state index contributed by atoms with van der Waals surface area (Å²) in [5.74, 6) is 0.569. The molecular weight excluding hydrogens is 258 g/mol. The SMILES string of the molecule is CCCc1c(N)n[nH]c1-c1ccoc1Br. The van der Waals surface area contributed by atoms with Gasteiger partial charge in [-0.25, -0.2) is 0 Å². The molecular formula is C10H12BrN3O. The molecule has 5 heteroatoms. The number of aromatic nitrogens is 2. The molecule has 2 aromatic heterocycles. The molecule has 2 aromatic rings. The molecule has 0 spiro atoms. The highest BCUT2D eigenvalue weighted by atomic mass is 79.9. The number of halogens is 1. The van der Waals surface area contributed by atoms with Crippen molar-refractivity contribution in [1.82, 2.24) is 10.2 Å². The molecule has 0 fully saturated rings. The van der Waals surface area contributed by atoms with E-state index in [1.807, 2.05) is 6.07 Å². The molecule has 0 aliphatic carbocycles. The van der Waals surface area contributed by atoms with E-state index in [2.05, 4.69) is 33.1 Å². The molecule has 0 aliphatic heterocycles. The normalized spacial score (nSPS) is 10.8. The van der Waals surface area contributed by atoms with Crippen LogP contribution in [-0.4, -0.2) is 10.2 Å². The van der Waals surface area contributed by atoms with Crippen LogP contribution in [0.2, 0.25) is 0 Å². The fourth-order valence-corrected chi connectivity index (χ4v) is 2.02. The van der Waals surface area contributed by atoms with Crippen LogP contribution in [0.3, 0.4) is 0 Å². The largest absolute Gasteiger partial charge is 0.457 e. The van der Waals surface area contributed by atoms with E-state index >= 15 is 0 Å². The third-order valence-electron chi connectivity index (χ3n) is 2.29. The zero-order valence-electron chi connectivity index (χ0n) is 8.38. The van der Waals surface area contributed by atoms with Gasteiger partial charge in [0, 0.05) is 5.56 Å². The van der Waals surface area contributed by atoms with Crippen LogP contribution in [0.15, 0.2) is 21.4 Å². The molecule has 0 saturated carbocycles. The maximum absolute atomic E-state index is 5.80. The Bertz CT molecular complexity index is 461. The van der Waals surface area contributed by atoms with E-state index in [0.29, 0.717) is 10.5 Å². The van der Waals surface area contributed by atoms with Crippen LogP contribution in [0, 0.1) is 0 Å². The van der Waals surface area contributed by atoms with Crippen molar-refractivity contribution in [2.24, 2.45) is 0 Å². The summed E-state index contributed by atoms with van der Waals surface area (Å²) in [6.07, 6.45) is 3.58. The number of furan rings is 1. The zero-order valence-corrected chi connectivity index (χ0v) is 9.97. The number of nitrogens with zero attached hydrogens (tertiary/aromatic N) is 1. The van der Waals surface area contributed by atoms with Crippen molar-refractivity contribution in [1.29, 1.82) is 0 Å². The maximum atomic E-state index is 5.80. The van der Waals surface area contributed by atoms with Crippen LogP contribution in [-0.2, 0) is 6.42 Å². The Balaban J connectivity index is 2.49. The molecule has 80 valence electrons. The molecule has 2 rings (SSSR count). The van der Waals surface area contributed by atoms with E-state index in [-0.39, 0.29) is 0 Å². The monoisotopic (exact) mass is 269 g/mol. The molecule has 4 nitrogen and oxygen atoms in total. The van der Waals surface area contributed by atoms with Crippen molar-refractivity contribution >= 4 is 21.7 Å². The van der Waals surface area contributed by atoms with Crippen molar-refractivity contribution in [3.8, 4) is 11.3 Å². The minimum atomic E-state index is 0.569.